The molecule has 0 amide bonds. The van der Waals surface area contributed by atoms with Crippen molar-refractivity contribution in [3.63, 3.8) is 0 Å². The summed E-state index contributed by atoms with van der Waals surface area (Å²) < 4.78 is 0. The van der Waals surface area contributed by atoms with Crippen LogP contribution >= 0.6 is 58.0 Å². The van der Waals surface area contributed by atoms with Gasteiger partial charge in [0, 0.05) is 6.42 Å². The van der Waals surface area contributed by atoms with Gasteiger partial charge in [-0.15, -0.1) is 0 Å². The lowest BCUT2D eigenvalue weighted by molar-refractivity contribution is 1.33. The minimum Gasteiger partial charge on any atom is -0.303 e. The molecule has 0 saturated heterocycles. The molecule has 1 aromatic rings. The third-order valence-electron chi connectivity index (χ3n) is 1.57. The monoisotopic (exact) mass is 288 g/mol. The van der Waals surface area contributed by atoms with E-state index in [9.17, 15) is 0 Å². The second-order valence-electron chi connectivity index (χ2n) is 2.40. The van der Waals surface area contributed by atoms with E-state index in [1.54, 1.807) is 0 Å². The van der Waals surface area contributed by atoms with Crippen molar-refractivity contribution in [3.8, 4) is 0 Å². The molecule has 0 aliphatic rings. The highest BCUT2D eigenvalue weighted by Gasteiger charge is 2.18. The normalized spacial score (nSPS) is 10.4. The van der Waals surface area contributed by atoms with E-state index < -0.39 is 0 Å². The first-order chi connectivity index (χ1) is 6.50. The third-order valence-corrected chi connectivity index (χ3v) is 3.92. The molecule has 0 heterocycles. The molecule has 0 aliphatic carbocycles. The maximum atomic E-state index is 6.84. The van der Waals surface area contributed by atoms with Gasteiger partial charge in [-0.2, -0.15) is 0 Å². The first-order valence-electron chi connectivity index (χ1n) is 3.40. The highest BCUT2D eigenvalue weighted by atomic mass is 35.5. The Kier molecular flexibility index (Phi) is 4.35. The minimum atomic E-state index is 0.122. The van der Waals surface area contributed by atoms with Crippen LogP contribution in [-0.2, 0) is 6.42 Å². The predicted octanol–water partition coefficient (Wildman–Crippen LogP) is 5.02. The average Bonchev–Trinajstić information content (AvgIpc) is 2.19. The van der Waals surface area contributed by atoms with Gasteiger partial charge in [0.05, 0.1) is 31.3 Å². The van der Waals surface area contributed by atoms with E-state index in [1.165, 1.54) is 0 Å². The number of halogens is 5. The summed E-state index contributed by atoms with van der Waals surface area (Å²) in [6, 6.07) is 0. The van der Waals surface area contributed by atoms with Gasteiger partial charge in [0.2, 0.25) is 0 Å². The van der Waals surface area contributed by atoms with Gasteiger partial charge in [0.1, 0.15) is 0 Å². The second-order valence-corrected chi connectivity index (χ2v) is 4.29. The summed E-state index contributed by atoms with van der Waals surface area (Å²) in [6.45, 7) is 0. The first-order valence-corrected chi connectivity index (χ1v) is 5.29. The zero-order valence-corrected chi connectivity index (χ0v) is 10.4. The molecule has 0 aliphatic heterocycles. The van der Waals surface area contributed by atoms with Crippen molar-refractivity contribution in [2.45, 2.75) is 6.42 Å². The SMILES string of the molecule is N=[C]Cc1c(Cl)c(Cl)c(Cl)c(Cl)c1Cl. The van der Waals surface area contributed by atoms with E-state index in [0.717, 1.165) is 0 Å². The van der Waals surface area contributed by atoms with Crippen LogP contribution in [0.5, 0.6) is 0 Å². The summed E-state index contributed by atoms with van der Waals surface area (Å²) in [6.07, 6.45) is 2.31. The molecule has 75 valence electrons. The van der Waals surface area contributed by atoms with Crippen molar-refractivity contribution in [2.24, 2.45) is 0 Å². The molecule has 0 atom stereocenters. The molecule has 0 spiro atoms. The Hall–Kier alpha value is 0.340. The number of benzene rings is 1. The lowest BCUT2D eigenvalue weighted by Gasteiger charge is -2.09. The van der Waals surface area contributed by atoms with E-state index in [4.69, 9.17) is 63.4 Å². The Balaban J connectivity index is 3.50. The smallest absolute Gasteiger partial charge is 0.0809 e. The van der Waals surface area contributed by atoms with Crippen molar-refractivity contribution in [1.82, 2.24) is 0 Å². The van der Waals surface area contributed by atoms with Gasteiger partial charge in [0.25, 0.3) is 0 Å². The lowest BCUT2D eigenvalue weighted by atomic mass is 10.1. The number of hydrogen-bond donors (Lipinski definition) is 1. The van der Waals surface area contributed by atoms with Crippen molar-refractivity contribution in [1.29, 1.82) is 5.41 Å². The summed E-state index contributed by atoms with van der Waals surface area (Å²) >= 11 is 29.1. The molecule has 6 heteroatoms. The molecule has 0 unspecified atom stereocenters. The van der Waals surface area contributed by atoms with Crippen LogP contribution in [0.3, 0.4) is 0 Å². The van der Waals surface area contributed by atoms with Crippen molar-refractivity contribution in [3.05, 3.63) is 30.7 Å². The van der Waals surface area contributed by atoms with Crippen molar-refractivity contribution >= 4 is 64.2 Å². The maximum absolute atomic E-state index is 6.84. The standard InChI is InChI=1S/C8H3Cl5N/c9-4-3(1-2-14)5(10)7(12)8(13)6(4)11/h14H,1H2. The fraction of sp³-hybridized carbons (Fsp3) is 0.125. The average molecular weight is 290 g/mol. The Morgan fingerprint density at radius 1 is 0.786 bits per heavy atom. The molecule has 0 aromatic heterocycles. The number of rotatable bonds is 2. The van der Waals surface area contributed by atoms with Crippen molar-refractivity contribution in [2.75, 3.05) is 0 Å². The van der Waals surface area contributed by atoms with Gasteiger partial charge in [-0.3, -0.25) is 0 Å². The predicted molar refractivity (Wildman–Crippen MR) is 62.9 cm³/mol. The van der Waals surface area contributed by atoms with Crippen molar-refractivity contribution < 1.29 is 0 Å². The number of hydrogen-bond acceptors (Lipinski definition) is 1. The molecule has 1 N–H and O–H groups in total. The summed E-state index contributed by atoms with van der Waals surface area (Å²) in [4.78, 5) is 0. The molecule has 0 saturated carbocycles. The topological polar surface area (TPSA) is 23.9 Å². The van der Waals surface area contributed by atoms with E-state index in [-0.39, 0.29) is 31.5 Å². The Morgan fingerprint density at radius 2 is 1.14 bits per heavy atom. The molecule has 0 fully saturated rings. The molecule has 1 radical (unpaired) electrons. The summed E-state index contributed by atoms with van der Waals surface area (Å²) in [7, 11) is 0. The Morgan fingerprint density at radius 3 is 1.50 bits per heavy atom. The molecule has 14 heavy (non-hydrogen) atoms. The van der Waals surface area contributed by atoms with Crippen LogP contribution < -0.4 is 0 Å². The van der Waals surface area contributed by atoms with Gasteiger partial charge in [0.15, 0.2) is 0 Å². The minimum absolute atomic E-state index is 0.122. The summed E-state index contributed by atoms with van der Waals surface area (Å²) in [5, 5.41) is 7.68. The van der Waals surface area contributed by atoms with Gasteiger partial charge in [-0.1, -0.05) is 58.0 Å². The summed E-state index contributed by atoms with van der Waals surface area (Å²) in [5.74, 6) is 0. The molecule has 1 aromatic carbocycles. The zero-order chi connectivity index (χ0) is 10.9. The third kappa shape index (κ3) is 2.12. The first kappa shape index (κ1) is 12.4. The maximum Gasteiger partial charge on any atom is 0.0809 e. The van der Waals surface area contributed by atoms with Gasteiger partial charge in [-0.05, 0) is 5.56 Å². The second kappa shape index (κ2) is 4.91. The van der Waals surface area contributed by atoms with Crippen LogP contribution in [0, 0.1) is 5.41 Å². The Labute approximate surface area is 106 Å². The summed E-state index contributed by atoms with van der Waals surface area (Å²) in [5.41, 5.74) is 0.461. The van der Waals surface area contributed by atoms with Gasteiger partial charge >= 0.3 is 0 Å². The van der Waals surface area contributed by atoms with E-state index in [2.05, 4.69) is 6.21 Å². The molecular formula is C8H3Cl5N. The van der Waals surface area contributed by atoms with Gasteiger partial charge in [-0.25, -0.2) is 0 Å². The van der Waals surface area contributed by atoms with E-state index in [0.29, 0.717) is 5.56 Å². The number of nitrogens with one attached hydrogen (secondary N) is 1. The van der Waals surface area contributed by atoms with Crippen LogP contribution in [0.1, 0.15) is 5.56 Å². The van der Waals surface area contributed by atoms with Crippen LogP contribution in [0.2, 0.25) is 25.1 Å². The quantitative estimate of drug-likeness (QED) is 0.449. The van der Waals surface area contributed by atoms with Crippen LogP contribution in [0.4, 0.5) is 0 Å². The lowest BCUT2D eigenvalue weighted by Crippen LogP contribution is -1.92. The van der Waals surface area contributed by atoms with Crippen LogP contribution in [-0.4, -0.2) is 6.21 Å². The molecule has 1 rings (SSSR count). The fourth-order valence-electron chi connectivity index (χ4n) is 0.894. The highest BCUT2D eigenvalue weighted by molar-refractivity contribution is 6.55. The van der Waals surface area contributed by atoms with E-state index in [1.807, 2.05) is 0 Å². The fourth-order valence-corrected chi connectivity index (χ4v) is 2.21. The molecular weight excluding hydrogens is 287 g/mol. The van der Waals surface area contributed by atoms with E-state index >= 15 is 0 Å². The largest absolute Gasteiger partial charge is 0.303 e. The van der Waals surface area contributed by atoms with Crippen LogP contribution in [0.15, 0.2) is 0 Å². The van der Waals surface area contributed by atoms with Gasteiger partial charge < -0.3 is 5.41 Å². The molecule has 0 bridgehead atoms. The zero-order valence-electron chi connectivity index (χ0n) is 6.60. The van der Waals surface area contributed by atoms with Crippen LogP contribution in [0.25, 0.3) is 0 Å². The molecule has 1 nitrogen and oxygen atoms in total. The highest BCUT2D eigenvalue weighted by Crippen LogP contribution is 2.43. The Bertz CT molecular complexity index is 359.